The maximum atomic E-state index is 13.1. The minimum absolute atomic E-state index is 0.172. The monoisotopic (exact) mass is 388 g/mol. The number of carbonyl (C=O) groups excluding carboxylic acids is 2. The van der Waals surface area contributed by atoms with Crippen LogP contribution in [0.25, 0.3) is 5.52 Å². The highest BCUT2D eigenvalue weighted by molar-refractivity contribution is 6.09. The predicted molar refractivity (Wildman–Crippen MR) is 108 cm³/mol. The van der Waals surface area contributed by atoms with Crippen molar-refractivity contribution in [3.63, 3.8) is 0 Å². The summed E-state index contributed by atoms with van der Waals surface area (Å²) in [5.74, 6) is -0.396. The van der Waals surface area contributed by atoms with Crippen molar-refractivity contribution >= 4 is 23.0 Å². The highest BCUT2D eigenvalue weighted by Crippen LogP contribution is 2.18. The van der Waals surface area contributed by atoms with Gasteiger partial charge in [0.15, 0.2) is 5.69 Å². The van der Waals surface area contributed by atoms with Crippen LogP contribution in [0.15, 0.2) is 48.7 Å². The van der Waals surface area contributed by atoms with Crippen molar-refractivity contribution in [3.8, 4) is 6.07 Å². The van der Waals surface area contributed by atoms with Gasteiger partial charge in [-0.15, -0.1) is 0 Å². The first-order valence-electron chi connectivity index (χ1n) is 9.33. The standard InChI is InChI=1S/C21H20N6O2/c1-25-9-11-26(12-10-25)21(29)19-24-18(17-7-2-3-8-27(17)19)20(28)23-16-6-4-5-15(13-16)14-22/h2-8,13H,9-12H2,1H3,(H,23,28). The normalized spacial score (nSPS) is 14.6. The lowest BCUT2D eigenvalue weighted by atomic mass is 10.2. The molecule has 3 aromatic rings. The highest BCUT2D eigenvalue weighted by atomic mass is 16.2. The second kappa shape index (κ2) is 7.73. The summed E-state index contributed by atoms with van der Waals surface area (Å²) < 4.78 is 1.65. The second-order valence-corrected chi connectivity index (χ2v) is 6.98. The number of benzene rings is 1. The Morgan fingerprint density at radius 3 is 2.66 bits per heavy atom. The minimum atomic E-state index is -0.429. The Bertz CT molecular complexity index is 1120. The zero-order chi connectivity index (χ0) is 20.4. The summed E-state index contributed by atoms with van der Waals surface area (Å²) >= 11 is 0. The molecule has 0 saturated carbocycles. The van der Waals surface area contributed by atoms with Crippen molar-refractivity contribution in [1.82, 2.24) is 19.2 Å². The molecule has 2 aromatic heterocycles. The van der Waals surface area contributed by atoms with Gasteiger partial charge in [-0.3, -0.25) is 14.0 Å². The number of nitrogens with zero attached hydrogens (tertiary/aromatic N) is 5. The van der Waals surface area contributed by atoms with Crippen LogP contribution in [0.4, 0.5) is 5.69 Å². The van der Waals surface area contributed by atoms with Gasteiger partial charge in [-0.1, -0.05) is 12.1 Å². The lowest BCUT2D eigenvalue weighted by molar-refractivity contribution is 0.0651. The summed E-state index contributed by atoms with van der Waals surface area (Å²) in [6.07, 6.45) is 1.73. The van der Waals surface area contributed by atoms with Crippen molar-refractivity contribution in [2.45, 2.75) is 0 Å². The van der Waals surface area contributed by atoms with Crippen LogP contribution in [0, 0.1) is 11.3 Å². The van der Waals surface area contributed by atoms with E-state index in [0.29, 0.717) is 29.9 Å². The molecule has 146 valence electrons. The molecular formula is C21H20N6O2. The molecule has 0 radical (unpaired) electrons. The molecule has 8 heteroatoms. The van der Waals surface area contributed by atoms with Crippen LogP contribution in [0.2, 0.25) is 0 Å². The number of imidazole rings is 1. The summed E-state index contributed by atoms with van der Waals surface area (Å²) in [5.41, 5.74) is 1.67. The van der Waals surface area contributed by atoms with E-state index in [0.717, 1.165) is 13.1 Å². The lowest BCUT2D eigenvalue weighted by Gasteiger charge is -2.31. The summed E-state index contributed by atoms with van der Waals surface area (Å²) in [5, 5.41) is 11.8. The third kappa shape index (κ3) is 3.68. The Kier molecular flexibility index (Phi) is 4.97. The maximum absolute atomic E-state index is 13.1. The molecule has 29 heavy (non-hydrogen) atoms. The average molecular weight is 388 g/mol. The molecule has 0 atom stereocenters. The Hall–Kier alpha value is -3.70. The number of fused-ring (bicyclic) bond motifs is 1. The Morgan fingerprint density at radius 2 is 1.90 bits per heavy atom. The smallest absolute Gasteiger partial charge is 0.290 e. The largest absolute Gasteiger partial charge is 0.333 e. The van der Waals surface area contributed by atoms with Gasteiger partial charge in [-0.2, -0.15) is 5.26 Å². The summed E-state index contributed by atoms with van der Waals surface area (Å²) in [4.78, 5) is 34.3. The lowest BCUT2D eigenvalue weighted by Crippen LogP contribution is -2.47. The first-order valence-corrected chi connectivity index (χ1v) is 9.33. The minimum Gasteiger partial charge on any atom is -0.333 e. The van der Waals surface area contributed by atoms with Gasteiger partial charge < -0.3 is 15.1 Å². The van der Waals surface area contributed by atoms with Crippen molar-refractivity contribution in [3.05, 3.63) is 65.7 Å². The quantitative estimate of drug-likeness (QED) is 0.739. The molecule has 2 amide bonds. The first kappa shape index (κ1) is 18.7. The number of nitrogens with one attached hydrogen (secondary N) is 1. The molecule has 1 fully saturated rings. The third-order valence-electron chi connectivity index (χ3n) is 4.99. The number of aromatic nitrogens is 2. The van der Waals surface area contributed by atoms with Crippen LogP contribution >= 0.6 is 0 Å². The molecule has 0 aliphatic carbocycles. The van der Waals surface area contributed by atoms with Crippen LogP contribution in [-0.4, -0.2) is 64.2 Å². The van der Waals surface area contributed by atoms with Crippen molar-refractivity contribution in [2.24, 2.45) is 0 Å². The van der Waals surface area contributed by atoms with E-state index in [1.165, 1.54) is 0 Å². The van der Waals surface area contributed by atoms with E-state index >= 15 is 0 Å². The number of piperazine rings is 1. The van der Waals surface area contributed by atoms with Crippen LogP contribution in [0.1, 0.15) is 26.7 Å². The molecule has 0 unspecified atom stereocenters. The van der Waals surface area contributed by atoms with Gasteiger partial charge in [0.1, 0.15) is 0 Å². The Balaban J connectivity index is 1.66. The van der Waals surface area contributed by atoms with Gasteiger partial charge in [0.05, 0.1) is 17.1 Å². The van der Waals surface area contributed by atoms with Crippen LogP contribution in [-0.2, 0) is 0 Å². The van der Waals surface area contributed by atoms with Crippen LogP contribution in [0.5, 0.6) is 0 Å². The number of rotatable bonds is 3. The Labute approximate surface area is 168 Å². The number of carbonyl (C=O) groups is 2. The molecule has 1 N–H and O–H groups in total. The molecule has 0 bridgehead atoms. The zero-order valence-electron chi connectivity index (χ0n) is 16.0. The predicted octanol–water partition coefficient (Wildman–Crippen LogP) is 1.85. The van der Waals surface area contributed by atoms with Gasteiger partial charge in [-0.05, 0) is 37.4 Å². The van der Waals surface area contributed by atoms with Crippen molar-refractivity contribution in [1.29, 1.82) is 5.26 Å². The second-order valence-electron chi connectivity index (χ2n) is 6.98. The number of anilines is 1. The van der Waals surface area contributed by atoms with Crippen LogP contribution in [0.3, 0.4) is 0 Å². The van der Waals surface area contributed by atoms with Crippen molar-refractivity contribution < 1.29 is 9.59 Å². The van der Waals surface area contributed by atoms with E-state index in [-0.39, 0.29) is 17.4 Å². The maximum Gasteiger partial charge on any atom is 0.290 e. The zero-order valence-corrected chi connectivity index (χ0v) is 16.0. The molecule has 3 heterocycles. The topological polar surface area (TPSA) is 93.7 Å². The third-order valence-corrected chi connectivity index (χ3v) is 4.99. The fraction of sp³-hybridized carbons (Fsp3) is 0.238. The van der Waals surface area contributed by atoms with E-state index in [9.17, 15) is 9.59 Å². The molecule has 8 nitrogen and oxygen atoms in total. The number of likely N-dealkylation sites (N-methyl/N-ethyl adjacent to an activating group) is 1. The molecule has 1 aliphatic rings. The number of amides is 2. The molecule has 4 rings (SSSR count). The van der Waals surface area contributed by atoms with E-state index in [1.54, 1.807) is 58.0 Å². The number of hydrogen-bond donors (Lipinski definition) is 1. The van der Waals surface area contributed by atoms with Gasteiger partial charge in [0, 0.05) is 38.1 Å². The molecule has 1 aliphatic heterocycles. The average Bonchev–Trinajstić information content (AvgIpc) is 3.14. The van der Waals surface area contributed by atoms with E-state index < -0.39 is 5.91 Å². The molecular weight excluding hydrogens is 368 g/mol. The highest BCUT2D eigenvalue weighted by Gasteiger charge is 2.27. The summed E-state index contributed by atoms with van der Waals surface area (Å²) in [6, 6.07) is 14.0. The number of pyridine rings is 1. The van der Waals surface area contributed by atoms with Crippen molar-refractivity contribution in [2.75, 3.05) is 38.5 Å². The molecule has 1 aromatic carbocycles. The first-order chi connectivity index (χ1) is 14.1. The SMILES string of the molecule is CN1CCN(C(=O)c2nc(C(=O)Nc3cccc(C#N)c3)c3ccccn23)CC1. The fourth-order valence-electron chi connectivity index (χ4n) is 3.36. The molecule has 1 saturated heterocycles. The summed E-state index contributed by atoms with van der Waals surface area (Å²) in [6.45, 7) is 2.86. The number of hydrogen-bond acceptors (Lipinski definition) is 5. The van der Waals surface area contributed by atoms with Gasteiger partial charge in [0.25, 0.3) is 11.8 Å². The van der Waals surface area contributed by atoms with E-state index in [1.807, 2.05) is 13.1 Å². The van der Waals surface area contributed by atoms with E-state index in [2.05, 4.69) is 15.2 Å². The Morgan fingerprint density at radius 1 is 1.10 bits per heavy atom. The van der Waals surface area contributed by atoms with Gasteiger partial charge in [-0.25, -0.2) is 4.98 Å². The van der Waals surface area contributed by atoms with Crippen LogP contribution < -0.4 is 5.32 Å². The molecule has 0 spiro atoms. The van der Waals surface area contributed by atoms with Gasteiger partial charge in [0.2, 0.25) is 5.82 Å². The summed E-state index contributed by atoms with van der Waals surface area (Å²) in [7, 11) is 2.02. The van der Waals surface area contributed by atoms with E-state index in [4.69, 9.17) is 5.26 Å². The fourth-order valence-corrected chi connectivity index (χ4v) is 3.36. The van der Waals surface area contributed by atoms with Gasteiger partial charge >= 0.3 is 0 Å². The number of nitriles is 1.